The Hall–Kier alpha value is -1.40. The maximum absolute atomic E-state index is 11.4. The van der Waals surface area contributed by atoms with Gasteiger partial charge in [0.2, 0.25) is 0 Å². The van der Waals surface area contributed by atoms with Crippen molar-refractivity contribution in [2.45, 2.75) is 6.92 Å². The molecule has 0 saturated heterocycles. The van der Waals surface area contributed by atoms with Crippen LogP contribution in [0.25, 0.3) is 5.69 Å². The summed E-state index contributed by atoms with van der Waals surface area (Å²) >= 11 is 6.72. The molecule has 0 aliphatic heterocycles. The molecule has 0 unspecified atom stereocenters. The summed E-state index contributed by atoms with van der Waals surface area (Å²) in [5.74, 6) is -1.25. The summed E-state index contributed by atoms with van der Waals surface area (Å²) in [5, 5.41) is 9.21. The molecule has 98 valence electrons. The van der Waals surface area contributed by atoms with E-state index in [0.717, 1.165) is 8.95 Å². The van der Waals surface area contributed by atoms with Crippen molar-refractivity contribution < 1.29 is 14.7 Å². The highest BCUT2D eigenvalue weighted by atomic mass is 79.9. The molecular formula is C13H9Br2NO3. The molecule has 1 heterocycles. The van der Waals surface area contributed by atoms with Gasteiger partial charge in [-0.25, -0.2) is 4.79 Å². The van der Waals surface area contributed by atoms with E-state index in [4.69, 9.17) is 0 Å². The van der Waals surface area contributed by atoms with Gasteiger partial charge in [-0.15, -0.1) is 0 Å². The van der Waals surface area contributed by atoms with Crippen molar-refractivity contribution >= 4 is 43.6 Å². The molecule has 19 heavy (non-hydrogen) atoms. The van der Waals surface area contributed by atoms with Gasteiger partial charge < -0.3 is 9.67 Å². The van der Waals surface area contributed by atoms with Gasteiger partial charge in [0, 0.05) is 20.7 Å². The third-order valence-electron chi connectivity index (χ3n) is 2.61. The van der Waals surface area contributed by atoms with Crippen LogP contribution in [0, 0.1) is 0 Å². The van der Waals surface area contributed by atoms with Crippen molar-refractivity contribution in [3.8, 4) is 5.69 Å². The van der Waals surface area contributed by atoms with Crippen molar-refractivity contribution in [3.05, 3.63) is 50.7 Å². The largest absolute Gasteiger partial charge is 0.477 e. The highest BCUT2D eigenvalue weighted by molar-refractivity contribution is 9.11. The van der Waals surface area contributed by atoms with Gasteiger partial charge in [0.15, 0.2) is 5.78 Å². The van der Waals surface area contributed by atoms with Crippen LogP contribution in [0.15, 0.2) is 39.4 Å². The third kappa shape index (κ3) is 2.79. The number of nitrogens with zero attached hydrogens (tertiary/aromatic N) is 1. The van der Waals surface area contributed by atoms with E-state index in [1.165, 1.54) is 23.8 Å². The lowest BCUT2D eigenvalue weighted by Crippen LogP contribution is -2.06. The van der Waals surface area contributed by atoms with Gasteiger partial charge in [0.05, 0.1) is 5.69 Å². The predicted molar refractivity (Wildman–Crippen MR) is 78.1 cm³/mol. The number of aromatic nitrogens is 1. The Labute approximate surface area is 126 Å². The molecular weight excluding hydrogens is 378 g/mol. The number of Topliss-reactive ketones (excluding diaryl/α,β-unsaturated/α-hetero) is 1. The molecule has 2 aromatic rings. The number of rotatable bonds is 3. The monoisotopic (exact) mass is 385 g/mol. The molecule has 0 saturated carbocycles. The van der Waals surface area contributed by atoms with E-state index in [-0.39, 0.29) is 11.5 Å². The first-order chi connectivity index (χ1) is 8.90. The Morgan fingerprint density at radius 2 is 1.89 bits per heavy atom. The number of carbonyl (C=O) groups is 2. The molecule has 1 aromatic heterocycles. The first-order valence-corrected chi connectivity index (χ1v) is 6.91. The van der Waals surface area contributed by atoms with Crippen LogP contribution in [0.1, 0.15) is 27.8 Å². The number of carbonyl (C=O) groups excluding carboxylic acids is 1. The quantitative estimate of drug-likeness (QED) is 0.813. The SMILES string of the molecule is CC(=O)c1cc(C(=O)O)n(-c2ccc(Br)cc2Br)c1. The average molecular weight is 387 g/mol. The summed E-state index contributed by atoms with van der Waals surface area (Å²) in [4.78, 5) is 22.6. The van der Waals surface area contributed by atoms with Gasteiger partial charge >= 0.3 is 5.97 Å². The summed E-state index contributed by atoms with van der Waals surface area (Å²) in [5.41, 5.74) is 1.08. The lowest BCUT2D eigenvalue weighted by Gasteiger charge is -2.08. The summed E-state index contributed by atoms with van der Waals surface area (Å²) < 4.78 is 3.09. The van der Waals surface area contributed by atoms with E-state index in [1.807, 2.05) is 6.07 Å². The smallest absolute Gasteiger partial charge is 0.352 e. The average Bonchev–Trinajstić information content (AvgIpc) is 2.73. The first kappa shape index (κ1) is 14.0. The van der Waals surface area contributed by atoms with Crippen molar-refractivity contribution in [1.82, 2.24) is 4.57 Å². The highest BCUT2D eigenvalue weighted by Crippen LogP contribution is 2.27. The van der Waals surface area contributed by atoms with E-state index >= 15 is 0 Å². The summed E-state index contributed by atoms with van der Waals surface area (Å²) in [6, 6.07) is 6.76. The number of carboxylic acid groups (broad SMARTS) is 1. The minimum Gasteiger partial charge on any atom is -0.477 e. The van der Waals surface area contributed by atoms with Gasteiger partial charge in [0.25, 0.3) is 0 Å². The van der Waals surface area contributed by atoms with Crippen LogP contribution >= 0.6 is 31.9 Å². The van der Waals surface area contributed by atoms with E-state index in [0.29, 0.717) is 11.3 Å². The van der Waals surface area contributed by atoms with E-state index < -0.39 is 5.97 Å². The van der Waals surface area contributed by atoms with Crippen LogP contribution in [-0.2, 0) is 0 Å². The fourth-order valence-electron chi connectivity index (χ4n) is 1.70. The van der Waals surface area contributed by atoms with Gasteiger partial charge in [-0.3, -0.25) is 4.79 Å². The normalized spacial score (nSPS) is 10.5. The highest BCUT2D eigenvalue weighted by Gasteiger charge is 2.17. The van der Waals surface area contributed by atoms with Crippen LogP contribution in [0.5, 0.6) is 0 Å². The maximum atomic E-state index is 11.4. The van der Waals surface area contributed by atoms with E-state index in [2.05, 4.69) is 31.9 Å². The first-order valence-electron chi connectivity index (χ1n) is 5.32. The van der Waals surface area contributed by atoms with Crippen molar-refractivity contribution in [2.75, 3.05) is 0 Å². The Bertz CT molecular complexity index is 677. The minimum atomic E-state index is -1.08. The van der Waals surface area contributed by atoms with Gasteiger partial charge in [-0.2, -0.15) is 0 Å². The molecule has 0 radical (unpaired) electrons. The number of hydrogen-bond acceptors (Lipinski definition) is 2. The molecule has 0 spiro atoms. The minimum absolute atomic E-state index is 0.0493. The summed E-state index contributed by atoms with van der Waals surface area (Å²) in [6.07, 6.45) is 1.53. The number of benzene rings is 1. The topological polar surface area (TPSA) is 59.3 Å². The van der Waals surface area contributed by atoms with E-state index in [9.17, 15) is 14.7 Å². The Morgan fingerprint density at radius 3 is 2.42 bits per heavy atom. The molecule has 0 fully saturated rings. The van der Waals surface area contributed by atoms with E-state index in [1.54, 1.807) is 12.1 Å². The van der Waals surface area contributed by atoms with Crippen LogP contribution in [0.2, 0.25) is 0 Å². The number of hydrogen-bond donors (Lipinski definition) is 1. The molecule has 0 bridgehead atoms. The molecule has 1 aromatic carbocycles. The molecule has 4 nitrogen and oxygen atoms in total. The maximum Gasteiger partial charge on any atom is 0.352 e. The fraction of sp³-hybridized carbons (Fsp3) is 0.0769. The number of halogens is 2. The third-order valence-corrected chi connectivity index (χ3v) is 3.74. The zero-order chi connectivity index (χ0) is 14.2. The van der Waals surface area contributed by atoms with Gasteiger partial charge in [0.1, 0.15) is 5.69 Å². The molecule has 0 amide bonds. The second-order valence-electron chi connectivity index (χ2n) is 3.94. The zero-order valence-corrected chi connectivity index (χ0v) is 13.0. The molecule has 6 heteroatoms. The Kier molecular flexibility index (Phi) is 3.91. The van der Waals surface area contributed by atoms with Gasteiger partial charge in [-0.1, -0.05) is 15.9 Å². The summed E-state index contributed by atoms with van der Waals surface area (Å²) in [6.45, 7) is 1.40. The van der Waals surface area contributed by atoms with Crippen LogP contribution < -0.4 is 0 Å². The van der Waals surface area contributed by atoms with Crippen molar-refractivity contribution in [3.63, 3.8) is 0 Å². The zero-order valence-electron chi connectivity index (χ0n) is 9.85. The van der Waals surface area contributed by atoms with Crippen LogP contribution in [0.3, 0.4) is 0 Å². The lowest BCUT2D eigenvalue weighted by molar-refractivity contribution is 0.0688. The molecule has 0 aliphatic rings. The van der Waals surface area contributed by atoms with Crippen molar-refractivity contribution in [2.24, 2.45) is 0 Å². The van der Waals surface area contributed by atoms with Crippen molar-refractivity contribution in [1.29, 1.82) is 0 Å². The lowest BCUT2D eigenvalue weighted by atomic mass is 10.2. The molecule has 0 aliphatic carbocycles. The van der Waals surface area contributed by atoms with Crippen LogP contribution in [0.4, 0.5) is 0 Å². The molecule has 0 atom stereocenters. The summed E-state index contributed by atoms with van der Waals surface area (Å²) in [7, 11) is 0. The Balaban J connectivity index is 2.66. The Morgan fingerprint density at radius 1 is 1.21 bits per heavy atom. The second kappa shape index (κ2) is 5.30. The second-order valence-corrected chi connectivity index (χ2v) is 5.71. The van der Waals surface area contributed by atoms with Crippen LogP contribution in [-0.4, -0.2) is 21.4 Å². The number of carboxylic acids is 1. The molecule has 1 N–H and O–H groups in total. The molecule has 2 rings (SSSR count). The predicted octanol–water partition coefficient (Wildman–Crippen LogP) is 3.90. The number of ketones is 1. The standard InChI is InChI=1S/C13H9Br2NO3/c1-7(17)8-4-12(13(18)19)16(6-8)11-3-2-9(14)5-10(11)15/h2-6H,1H3,(H,18,19). The van der Waals surface area contributed by atoms with Gasteiger partial charge in [-0.05, 0) is 47.1 Å². The fourth-order valence-corrected chi connectivity index (χ4v) is 2.93. The number of aromatic carboxylic acids is 1.